The van der Waals surface area contributed by atoms with E-state index in [0.29, 0.717) is 12.5 Å². The Hall–Kier alpha value is -1.40. The molecular formula is C12H19N3O3. The molecule has 0 aliphatic carbocycles. The van der Waals surface area contributed by atoms with Crippen LogP contribution in [0.25, 0.3) is 0 Å². The summed E-state index contributed by atoms with van der Waals surface area (Å²) in [7, 11) is 1.68. The smallest absolute Gasteiger partial charge is 0.351 e. The molecule has 0 saturated carbocycles. The summed E-state index contributed by atoms with van der Waals surface area (Å²) < 4.78 is 12.6. The Kier molecular flexibility index (Phi) is 3.98. The van der Waals surface area contributed by atoms with E-state index in [1.807, 2.05) is 0 Å². The van der Waals surface area contributed by atoms with Crippen LogP contribution in [0.5, 0.6) is 0 Å². The molecule has 1 fully saturated rings. The minimum Gasteiger partial charge on any atom is -0.384 e. The standard InChI is InChI=1S/C12H19N3O3/c1-3-9-8(7-17-2)6-11(18-9)15-5-4-10(13)14-12(15)16/h4-5,8-9,11H,3,6-7H2,1-2H3,(H2,13,14,16). The van der Waals surface area contributed by atoms with Gasteiger partial charge >= 0.3 is 5.69 Å². The van der Waals surface area contributed by atoms with E-state index in [-0.39, 0.29) is 23.8 Å². The zero-order valence-electron chi connectivity index (χ0n) is 10.7. The van der Waals surface area contributed by atoms with Crippen LogP contribution < -0.4 is 11.4 Å². The summed E-state index contributed by atoms with van der Waals surface area (Å²) in [6, 6.07) is 1.61. The molecule has 2 N–H and O–H groups in total. The summed E-state index contributed by atoms with van der Waals surface area (Å²) in [5.41, 5.74) is 5.10. The van der Waals surface area contributed by atoms with Crippen molar-refractivity contribution in [1.29, 1.82) is 0 Å². The van der Waals surface area contributed by atoms with Crippen molar-refractivity contribution >= 4 is 5.82 Å². The van der Waals surface area contributed by atoms with Crippen LogP contribution in [0, 0.1) is 5.92 Å². The highest BCUT2D eigenvalue weighted by molar-refractivity contribution is 5.23. The van der Waals surface area contributed by atoms with Crippen LogP contribution in [0.4, 0.5) is 5.82 Å². The predicted octanol–water partition coefficient (Wildman–Crippen LogP) is 0.786. The molecule has 0 spiro atoms. The Labute approximate surface area is 106 Å². The number of rotatable bonds is 4. The summed E-state index contributed by atoms with van der Waals surface area (Å²) >= 11 is 0. The number of nitrogens with two attached hydrogens (primary N) is 1. The van der Waals surface area contributed by atoms with Gasteiger partial charge in [0.1, 0.15) is 12.0 Å². The molecular weight excluding hydrogens is 234 g/mol. The molecule has 1 aliphatic rings. The molecule has 1 aromatic heterocycles. The molecule has 3 unspecified atom stereocenters. The summed E-state index contributed by atoms with van der Waals surface area (Å²) in [4.78, 5) is 15.5. The van der Waals surface area contributed by atoms with Crippen LogP contribution >= 0.6 is 0 Å². The first-order chi connectivity index (χ1) is 8.65. The molecule has 1 saturated heterocycles. The van der Waals surface area contributed by atoms with Gasteiger partial charge in [0.2, 0.25) is 0 Å². The third kappa shape index (κ3) is 2.54. The molecule has 0 aromatic carbocycles. The lowest BCUT2D eigenvalue weighted by Gasteiger charge is -2.15. The quantitative estimate of drug-likeness (QED) is 0.858. The molecule has 18 heavy (non-hydrogen) atoms. The maximum atomic E-state index is 11.7. The summed E-state index contributed by atoms with van der Waals surface area (Å²) in [6.45, 7) is 2.71. The lowest BCUT2D eigenvalue weighted by Crippen LogP contribution is -2.27. The van der Waals surface area contributed by atoms with E-state index in [1.165, 1.54) is 4.57 Å². The van der Waals surface area contributed by atoms with E-state index in [9.17, 15) is 4.79 Å². The molecule has 2 rings (SSSR count). The van der Waals surface area contributed by atoms with Gasteiger partial charge in [0.25, 0.3) is 0 Å². The average molecular weight is 253 g/mol. The number of aromatic nitrogens is 2. The van der Waals surface area contributed by atoms with Gasteiger partial charge in [-0.2, -0.15) is 4.98 Å². The third-order valence-corrected chi connectivity index (χ3v) is 3.31. The number of methoxy groups -OCH3 is 1. The van der Waals surface area contributed by atoms with Gasteiger partial charge in [-0.3, -0.25) is 4.57 Å². The maximum Gasteiger partial charge on any atom is 0.351 e. The van der Waals surface area contributed by atoms with Crippen LogP contribution in [-0.2, 0) is 9.47 Å². The van der Waals surface area contributed by atoms with Gasteiger partial charge in [-0.1, -0.05) is 6.92 Å². The first kappa shape index (κ1) is 13.0. The number of nitrogens with zero attached hydrogens (tertiary/aromatic N) is 2. The van der Waals surface area contributed by atoms with Crippen LogP contribution in [0.2, 0.25) is 0 Å². The van der Waals surface area contributed by atoms with Gasteiger partial charge in [0.05, 0.1) is 12.7 Å². The van der Waals surface area contributed by atoms with Gasteiger partial charge in [-0.25, -0.2) is 4.79 Å². The normalized spacial score (nSPS) is 27.6. The fraction of sp³-hybridized carbons (Fsp3) is 0.667. The highest BCUT2D eigenvalue weighted by Crippen LogP contribution is 2.34. The van der Waals surface area contributed by atoms with Crippen molar-refractivity contribution in [1.82, 2.24) is 9.55 Å². The van der Waals surface area contributed by atoms with Crippen LogP contribution in [0.15, 0.2) is 17.1 Å². The van der Waals surface area contributed by atoms with Crippen molar-refractivity contribution in [3.8, 4) is 0 Å². The molecule has 1 aliphatic heterocycles. The number of anilines is 1. The summed E-state index contributed by atoms with van der Waals surface area (Å²) in [5.74, 6) is 0.546. The van der Waals surface area contributed by atoms with Gasteiger partial charge in [0, 0.05) is 25.6 Å². The Morgan fingerprint density at radius 3 is 3.06 bits per heavy atom. The van der Waals surface area contributed by atoms with Crippen LogP contribution in [-0.4, -0.2) is 29.4 Å². The highest BCUT2D eigenvalue weighted by Gasteiger charge is 2.35. The molecule has 0 amide bonds. The predicted molar refractivity (Wildman–Crippen MR) is 67.1 cm³/mol. The molecule has 6 heteroatoms. The number of nitrogen functional groups attached to an aromatic ring is 1. The number of ether oxygens (including phenoxy) is 2. The minimum absolute atomic E-state index is 0.124. The molecule has 2 heterocycles. The maximum absolute atomic E-state index is 11.7. The van der Waals surface area contributed by atoms with Crippen molar-refractivity contribution < 1.29 is 9.47 Å². The van der Waals surface area contributed by atoms with Crippen molar-refractivity contribution in [2.24, 2.45) is 5.92 Å². The molecule has 3 atom stereocenters. The Morgan fingerprint density at radius 1 is 1.67 bits per heavy atom. The Bertz CT molecular complexity index is 460. The molecule has 1 aromatic rings. The van der Waals surface area contributed by atoms with E-state index in [2.05, 4.69) is 11.9 Å². The molecule has 6 nitrogen and oxygen atoms in total. The fourth-order valence-electron chi connectivity index (χ4n) is 2.42. The molecule has 100 valence electrons. The first-order valence-electron chi connectivity index (χ1n) is 6.14. The largest absolute Gasteiger partial charge is 0.384 e. The lowest BCUT2D eigenvalue weighted by molar-refractivity contribution is -0.0145. The van der Waals surface area contributed by atoms with E-state index in [1.54, 1.807) is 19.4 Å². The topological polar surface area (TPSA) is 79.4 Å². The fourth-order valence-corrected chi connectivity index (χ4v) is 2.42. The van der Waals surface area contributed by atoms with E-state index in [0.717, 1.165) is 12.8 Å². The van der Waals surface area contributed by atoms with Crippen molar-refractivity contribution in [2.75, 3.05) is 19.5 Å². The lowest BCUT2D eigenvalue weighted by atomic mass is 10.00. The second kappa shape index (κ2) is 5.49. The second-order valence-electron chi connectivity index (χ2n) is 4.53. The number of hydrogen-bond donors (Lipinski definition) is 1. The molecule has 0 radical (unpaired) electrons. The zero-order chi connectivity index (χ0) is 13.1. The minimum atomic E-state index is -0.368. The Morgan fingerprint density at radius 2 is 2.44 bits per heavy atom. The summed E-state index contributed by atoms with van der Waals surface area (Å²) in [5, 5.41) is 0. The summed E-state index contributed by atoms with van der Waals surface area (Å²) in [6.07, 6.45) is 3.16. The first-order valence-corrected chi connectivity index (χ1v) is 6.14. The van der Waals surface area contributed by atoms with Crippen molar-refractivity contribution in [3.05, 3.63) is 22.7 Å². The monoisotopic (exact) mass is 253 g/mol. The van der Waals surface area contributed by atoms with Gasteiger partial charge in [0.15, 0.2) is 0 Å². The van der Waals surface area contributed by atoms with Gasteiger partial charge in [-0.05, 0) is 12.5 Å². The average Bonchev–Trinajstić information content (AvgIpc) is 2.72. The van der Waals surface area contributed by atoms with Gasteiger partial charge in [-0.15, -0.1) is 0 Å². The SMILES string of the molecule is CCC1OC(n2ccc(N)nc2=O)CC1COC. The van der Waals surface area contributed by atoms with Crippen molar-refractivity contribution in [2.45, 2.75) is 32.1 Å². The van der Waals surface area contributed by atoms with Gasteiger partial charge < -0.3 is 15.2 Å². The second-order valence-corrected chi connectivity index (χ2v) is 4.53. The van der Waals surface area contributed by atoms with E-state index in [4.69, 9.17) is 15.2 Å². The molecule has 0 bridgehead atoms. The van der Waals surface area contributed by atoms with Crippen molar-refractivity contribution in [3.63, 3.8) is 0 Å². The van der Waals surface area contributed by atoms with E-state index >= 15 is 0 Å². The number of hydrogen-bond acceptors (Lipinski definition) is 5. The van der Waals surface area contributed by atoms with E-state index < -0.39 is 0 Å². The van der Waals surface area contributed by atoms with Crippen LogP contribution in [0.3, 0.4) is 0 Å². The Balaban J connectivity index is 2.18. The highest BCUT2D eigenvalue weighted by atomic mass is 16.5. The van der Waals surface area contributed by atoms with Crippen LogP contribution in [0.1, 0.15) is 26.0 Å². The third-order valence-electron chi connectivity index (χ3n) is 3.31. The zero-order valence-corrected chi connectivity index (χ0v) is 10.7.